The molecule has 1 aromatic heterocycles. The highest BCUT2D eigenvalue weighted by Crippen LogP contribution is 2.33. The van der Waals surface area contributed by atoms with Gasteiger partial charge >= 0.3 is 0 Å². The van der Waals surface area contributed by atoms with Crippen molar-refractivity contribution in [3.8, 4) is 17.2 Å². The van der Waals surface area contributed by atoms with Crippen molar-refractivity contribution in [2.45, 2.75) is 16.3 Å². The first-order valence-electron chi connectivity index (χ1n) is 10.0. The Kier molecular flexibility index (Phi) is 6.67. The largest absolute Gasteiger partial charge is 0.497 e. The van der Waals surface area contributed by atoms with Crippen LogP contribution in [0.4, 0.5) is 10.3 Å². The number of hydrogen-bond donors (Lipinski definition) is 1. The molecular weight excluding hydrogens is 467 g/mol. The minimum atomic E-state index is -4.06. The van der Waals surface area contributed by atoms with Gasteiger partial charge in [-0.3, -0.25) is 0 Å². The van der Waals surface area contributed by atoms with E-state index in [4.69, 9.17) is 20.8 Å². The van der Waals surface area contributed by atoms with Gasteiger partial charge in [-0.15, -0.1) is 0 Å². The zero-order chi connectivity index (χ0) is 23.4. The molecule has 0 unspecified atom stereocenters. The maximum Gasteiger partial charge on any atom is 0.233 e. The van der Waals surface area contributed by atoms with Crippen LogP contribution in [0.3, 0.4) is 0 Å². The van der Waals surface area contributed by atoms with Gasteiger partial charge in [0.25, 0.3) is 0 Å². The topological polar surface area (TPSA) is 81.4 Å². The second-order valence-electron chi connectivity index (χ2n) is 7.12. The van der Waals surface area contributed by atoms with Gasteiger partial charge in [-0.25, -0.2) is 12.8 Å². The number of nitrogens with zero attached hydrogens (tertiary/aromatic N) is 1. The number of hydrogen-bond acceptors (Lipinski definition) is 6. The second kappa shape index (κ2) is 9.64. The zero-order valence-corrected chi connectivity index (χ0v) is 19.2. The Morgan fingerprint density at radius 2 is 1.73 bits per heavy atom. The summed E-state index contributed by atoms with van der Waals surface area (Å²) in [5, 5.41) is 3.08. The van der Waals surface area contributed by atoms with Crippen molar-refractivity contribution in [2.75, 3.05) is 19.0 Å². The summed E-state index contributed by atoms with van der Waals surface area (Å²) in [6, 6.07) is 19.1. The van der Waals surface area contributed by atoms with Gasteiger partial charge in [-0.2, -0.15) is 4.98 Å². The number of aromatic nitrogens is 1. The molecule has 6 nitrogen and oxygen atoms in total. The monoisotopic (exact) mass is 486 g/mol. The molecule has 3 aromatic carbocycles. The van der Waals surface area contributed by atoms with E-state index in [1.807, 2.05) is 24.3 Å². The first-order chi connectivity index (χ1) is 15.9. The average molecular weight is 487 g/mol. The summed E-state index contributed by atoms with van der Waals surface area (Å²) in [6.45, 7) is 0.362. The Hall–Kier alpha value is -3.36. The Bertz CT molecular complexity index is 1350. The summed E-state index contributed by atoms with van der Waals surface area (Å²) in [4.78, 5) is 4.15. The molecule has 9 heteroatoms. The van der Waals surface area contributed by atoms with Crippen LogP contribution in [0.5, 0.6) is 5.75 Å². The zero-order valence-electron chi connectivity index (χ0n) is 17.6. The highest BCUT2D eigenvalue weighted by atomic mass is 35.5. The predicted molar refractivity (Wildman–Crippen MR) is 124 cm³/mol. The summed E-state index contributed by atoms with van der Waals surface area (Å²) in [7, 11) is -2.46. The Morgan fingerprint density at radius 1 is 1.03 bits per heavy atom. The van der Waals surface area contributed by atoms with Gasteiger partial charge in [0.1, 0.15) is 11.6 Å². The van der Waals surface area contributed by atoms with Crippen molar-refractivity contribution in [3.05, 3.63) is 89.2 Å². The Morgan fingerprint density at radius 3 is 2.39 bits per heavy atom. The molecule has 4 rings (SSSR count). The lowest BCUT2D eigenvalue weighted by molar-refractivity contribution is 0.414. The highest BCUT2D eigenvalue weighted by molar-refractivity contribution is 7.91. The summed E-state index contributed by atoms with van der Waals surface area (Å²) in [5.41, 5.74) is 1.08. The molecule has 0 saturated heterocycles. The van der Waals surface area contributed by atoms with Crippen LogP contribution in [0.25, 0.3) is 11.5 Å². The van der Waals surface area contributed by atoms with Crippen molar-refractivity contribution in [1.82, 2.24) is 4.98 Å². The molecule has 0 saturated carbocycles. The number of sulfone groups is 1. The normalized spacial score (nSPS) is 11.4. The van der Waals surface area contributed by atoms with Gasteiger partial charge in [-0.1, -0.05) is 35.9 Å². The van der Waals surface area contributed by atoms with Crippen LogP contribution in [0.1, 0.15) is 5.56 Å². The SMILES string of the molecule is COc1ccc(CCNc2oc(-c3ccccc3F)nc2S(=O)(=O)c2ccc(Cl)cc2)cc1. The van der Waals surface area contributed by atoms with Gasteiger partial charge in [0.15, 0.2) is 0 Å². The number of nitrogens with one attached hydrogen (secondary N) is 1. The van der Waals surface area contributed by atoms with Crippen molar-refractivity contribution < 1.29 is 22.0 Å². The van der Waals surface area contributed by atoms with E-state index < -0.39 is 15.7 Å². The number of oxazole rings is 1. The maximum atomic E-state index is 14.3. The number of benzene rings is 3. The molecule has 0 aliphatic heterocycles. The molecule has 0 amide bonds. The second-order valence-corrected chi connectivity index (χ2v) is 9.42. The Labute approximate surface area is 195 Å². The van der Waals surface area contributed by atoms with Gasteiger partial charge in [0.2, 0.25) is 26.6 Å². The first kappa shape index (κ1) is 22.8. The standard InChI is InChI=1S/C24H20ClFN2O4S/c1-31-18-10-6-16(7-11-18)14-15-27-23-24(33(29,30)19-12-8-17(25)9-13-19)28-22(32-23)20-4-2-3-5-21(20)26/h2-13,27H,14-15H2,1H3. The molecule has 0 aliphatic carbocycles. The van der Waals surface area contributed by atoms with Gasteiger partial charge in [0.05, 0.1) is 17.6 Å². The molecule has 0 aliphatic rings. The minimum Gasteiger partial charge on any atom is -0.497 e. The molecule has 170 valence electrons. The van der Waals surface area contributed by atoms with E-state index in [2.05, 4.69) is 10.3 Å². The first-order valence-corrected chi connectivity index (χ1v) is 11.9. The molecule has 0 radical (unpaired) electrons. The maximum absolute atomic E-state index is 14.3. The summed E-state index contributed by atoms with van der Waals surface area (Å²) in [6.07, 6.45) is 0.583. The molecule has 1 heterocycles. The van der Waals surface area contributed by atoms with Gasteiger partial charge < -0.3 is 14.5 Å². The van der Waals surface area contributed by atoms with Crippen LogP contribution in [0, 0.1) is 5.82 Å². The van der Waals surface area contributed by atoms with E-state index in [1.54, 1.807) is 13.2 Å². The van der Waals surface area contributed by atoms with Crippen molar-refractivity contribution in [2.24, 2.45) is 0 Å². The van der Waals surface area contributed by atoms with E-state index in [1.165, 1.54) is 42.5 Å². The smallest absolute Gasteiger partial charge is 0.233 e. The fourth-order valence-corrected chi connectivity index (χ4v) is 4.59. The third-order valence-electron chi connectivity index (χ3n) is 4.94. The van der Waals surface area contributed by atoms with Crippen molar-refractivity contribution >= 4 is 27.3 Å². The van der Waals surface area contributed by atoms with Crippen LogP contribution in [-0.4, -0.2) is 27.1 Å². The van der Waals surface area contributed by atoms with Crippen LogP contribution in [0.2, 0.25) is 5.02 Å². The van der Waals surface area contributed by atoms with E-state index >= 15 is 0 Å². The number of halogens is 2. The molecule has 0 spiro atoms. The quantitative estimate of drug-likeness (QED) is 0.347. The highest BCUT2D eigenvalue weighted by Gasteiger charge is 2.29. The number of rotatable bonds is 8. The van der Waals surface area contributed by atoms with E-state index in [0.717, 1.165) is 11.3 Å². The molecule has 4 aromatic rings. The Balaban J connectivity index is 1.66. The van der Waals surface area contributed by atoms with Crippen LogP contribution < -0.4 is 10.1 Å². The van der Waals surface area contributed by atoms with Gasteiger partial charge in [-0.05, 0) is 60.5 Å². The number of anilines is 1. The summed E-state index contributed by atoms with van der Waals surface area (Å²) < 4.78 is 51.7. The molecule has 0 fully saturated rings. The molecular formula is C24H20ClFN2O4S. The van der Waals surface area contributed by atoms with E-state index in [-0.39, 0.29) is 27.3 Å². The number of methoxy groups -OCH3 is 1. The summed E-state index contributed by atoms with van der Waals surface area (Å²) in [5.74, 6) is -0.0175. The molecule has 1 N–H and O–H groups in total. The van der Waals surface area contributed by atoms with Crippen molar-refractivity contribution in [3.63, 3.8) is 0 Å². The van der Waals surface area contributed by atoms with Crippen LogP contribution in [-0.2, 0) is 16.3 Å². The minimum absolute atomic E-state index is 0.00140. The number of ether oxygens (including phenoxy) is 1. The third-order valence-corrected chi connectivity index (χ3v) is 6.87. The average Bonchev–Trinajstić information content (AvgIpc) is 3.25. The van der Waals surface area contributed by atoms with E-state index in [9.17, 15) is 12.8 Å². The molecule has 0 atom stereocenters. The predicted octanol–water partition coefficient (Wildman–Crippen LogP) is 5.63. The third kappa shape index (κ3) is 5.02. The molecule has 0 bridgehead atoms. The van der Waals surface area contributed by atoms with Crippen LogP contribution >= 0.6 is 11.6 Å². The fraction of sp³-hybridized carbons (Fsp3) is 0.125. The lowest BCUT2D eigenvalue weighted by Crippen LogP contribution is -2.09. The lowest BCUT2D eigenvalue weighted by atomic mass is 10.1. The van der Waals surface area contributed by atoms with Crippen molar-refractivity contribution in [1.29, 1.82) is 0 Å². The lowest BCUT2D eigenvalue weighted by Gasteiger charge is -2.07. The van der Waals surface area contributed by atoms with Gasteiger partial charge in [0, 0.05) is 11.6 Å². The van der Waals surface area contributed by atoms with E-state index in [0.29, 0.717) is 18.0 Å². The van der Waals surface area contributed by atoms with Crippen LogP contribution in [0.15, 0.2) is 87.1 Å². The molecule has 33 heavy (non-hydrogen) atoms. The summed E-state index contributed by atoms with van der Waals surface area (Å²) >= 11 is 5.90. The fourth-order valence-electron chi connectivity index (χ4n) is 3.19.